The molecule has 184 valence electrons. The number of ether oxygens (including phenoxy) is 3. The molecule has 0 aliphatic carbocycles. The first-order valence-electron chi connectivity index (χ1n) is 10.3. The topological polar surface area (TPSA) is 111 Å². The first kappa shape index (κ1) is 26.3. The highest BCUT2D eigenvalue weighted by molar-refractivity contribution is 9.10. The van der Waals surface area contributed by atoms with E-state index >= 15 is 0 Å². The highest BCUT2D eigenvalue weighted by Crippen LogP contribution is 2.38. The number of esters is 1. The smallest absolute Gasteiger partial charge is 0.343 e. The summed E-state index contributed by atoms with van der Waals surface area (Å²) in [7, 11) is 2.68. The number of carbonyl (C=O) groups excluding carboxylic acids is 4. The highest BCUT2D eigenvalue weighted by Gasteiger charge is 2.36. The third-order valence-electron chi connectivity index (χ3n) is 5.20. The van der Waals surface area contributed by atoms with E-state index in [1.54, 1.807) is 18.2 Å². The molecule has 11 heteroatoms. The van der Waals surface area contributed by atoms with Gasteiger partial charge in [-0.3, -0.25) is 19.3 Å². The molecule has 0 spiro atoms. The van der Waals surface area contributed by atoms with Crippen LogP contribution in [0, 0.1) is 13.8 Å². The molecule has 1 N–H and O–H groups in total. The molecule has 1 aliphatic rings. The van der Waals surface area contributed by atoms with Gasteiger partial charge in [-0.25, -0.2) is 4.79 Å². The zero-order chi connectivity index (χ0) is 25.7. The van der Waals surface area contributed by atoms with Crippen LogP contribution >= 0.6 is 27.7 Å². The molecule has 1 saturated heterocycles. The summed E-state index contributed by atoms with van der Waals surface area (Å²) in [4.78, 5) is 50.3. The van der Waals surface area contributed by atoms with E-state index in [0.29, 0.717) is 21.5 Å². The fraction of sp³-hybridized carbons (Fsp3) is 0.250. The molecule has 9 nitrogen and oxygen atoms in total. The van der Waals surface area contributed by atoms with Crippen molar-refractivity contribution < 1.29 is 33.4 Å². The molecule has 0 aromatic heterocycles. The van der Waals surface area contributed by atoms with Crippen molar-refractivity contribution in [3.63, 3.8) is 0 Å². The van der Waals surface area contributed by atoms with Crippen LogP contribution < -0.4 is 14.8 Å². The minimum absolute atomic E-state index is 0.153. The van der Waals surface area contributed by atoms with Crippen LogP contribution in [0.5, 0.6) is 11.5 Å². The number of hydrogen-bond acceptors (Lipinski definition) is 8. The SMILES string of the molecule is COC(=O)COc1cc(Br)c(/C=C2/SC(=O)N(CC(=O)Nc3cccc(C)c3C)C2=O)cc1OC. The van der Waals surface area contributed by atoms with Gasteiger partial charge in [0.25, 0.3) is 11.1 Å². The van der Waals surface area contributed by atoms with Gasteiger partial charge in [-0.1, -0.05) is 28.1 Å². The zero-order valence-electron chi connectivity index (χ0n) is 19.5. The minimum Gasteiger partial charge on any atom is -0.493 e. The summed E-state index contributed by atoms with van der Waals surface area (Å²) in [5.74, 6) is -0.999. The summed E-state index contributed by atoms with van der Waals surface area (Å²) in [6.07, 6.45) is 1.52. The fourth-order valence-electron chi connectivity index (χ4n) is 3.13. The van der Waals surface area contributed by atoms with Crippen molar-refractivity contribution >= 4 is 62.5 Å². The second-order valence-corrected chi connectivity index (χ2v) is 9.30. The molecule has 0 saturated carbocycles. The summed E-state index contributed by atoms with van der Waals surface area (Å²) >= 11 is 4.14. The number of nitrogens with one attached hydrogen (secondary N) is 1. The number of benzene rings is 2. The molecule has 2 aromatic rings. The van der Waals surface area contributed by atoms with E-state index in [1.165, 1.54) is 20.3 Å². The summed E-state index contributed by atoms with van der Waals surface area (Å²) in [6, 6.07) is 8.68. The third-order valence-corrected chi connectivity index (χ3v) is 6.79. The molecule has 3 amide bonds. The lowest BCUT2D eigenvalue weighted by molar-refractivity contribution is -0.143. The lowest BCUT2D eigenvalue weighted by atomic mass is 10.1. The molecule has 0 unspecified atom stereocenters. The highest BCUT2D eigenvalue weighted by atomic mass is 79.9. The maximum Gasteiger partial charge on any atom is 0.343 e. The Kier molecular flexibility index (Phi) is 8.57. The Labute approximate surface area is 214 Å². The van der Waals surface area contributed by atoms with Crippen LogP contribution in [0.3, 0.4) is 0 Å². The standard InChI is InChI=1S/C24H23BrN2O7S/c1-13-6-5-7-17(14(13)2)26-21(28)11-27-23(30)20(35-24(27)31)9-15-8-18(32-3)19(10-16(15)25)34-12-22(29)33-4/h5-10H,11-12H2,1-4H3,(H,26,28)/b20-9+. The average Bonchev–Trinajstić information content (AvgIpc) is 3.08. The Hall–Kier alpha value is -3.31. The summed E-state index contributed by atoms with van der Waals surface area (Å²) in [5, 5.41) is 2.21. The number of hydrogen-bond donors (Lipinski definition) is 1. The first-order chi connectivity index (χ1) is 16.6. The number of halogens is 1. The molecule has 3 rings (SSSR count). The third kappa shape index (κ3) is 6.23. The molecule has 0 radical (unpaired) electrons. The van der Waals surface area contributed by atoms with Gasteiger partial charge in [0.2, 0.25) is 5.91 Å². The fourth-order valence-corrected chi connectivity index (χ4v) is 4.39. The monoisotopic (exact) mass is 562 g/mol. The van der Waals surface area contributed by atoms with Gasteiger partial charge in [-0.15, -0.1) is 0 Å². The van der Waals surface area contributed by atoms with Gasteiger partial charge in [0.1, 0.15) is 6.54 Å². The minimum atomic E-state index is -0.576. The van der Waals surface area contributed by atoms with Gasteiger partial charge in [0.15, 0.2) is 18.1 Å². The number of aryl methyl sites for hydroxylation is 1. The van der Waals surface area contributed by atoms with E-state index in [-0.39, 0.29) is 17.3 Å². The van der Waals surface area contributed by atoms with Crippen LogP contribution in [0.25, 0.3) is 6.08 Å². The van der Waals surface area contributed by atoms with Crippen molar-refractivity contribution in [1.82, 2.24) is 4.90 Å². The van der Waals surface area contributed by atoms with Gasteiger partial charge in [0.05, 0.1) is 19.1 Å². The van der Waals surface area contributed by atoms with E-state index < -0.39 is 29.6 Å². The van der Waals surface area contributed by atoms with Crippen molar-refractivity contribution in [2.45, 2.75) is 13.8 Å². The van der Waals surface area contributed by atoms with Crippen LogP contribution in [-0.4, -0.2) is 55.3 Å². The van der Waals surface area contributed by atoms with Crippen molar-refractivity contribution in [3.8, 4) is 11.5 Å². The van der Waals surface area contributed by atoms with E-state index in [9.17, 15) is 19.2 Å². The van der Waals surface area contributed by atoms with Crippen LogP contribution in [0.2, 0.25) is 0 Å². The molecule has 1 heterocycles. The van der Waals surface area contributed by atoms with Crippen LogP contribution in [0.15, 0.2) is 39.7 Å². The zero-order valence-corrected chi connectivity index (χ0v) is 21.9. The van der Waals surface area contributed by atoms with Crippen molar-refractivity contribution in [1.29, 1.82) is 0 Å². The second kappa shape index (κ2) is 11.4. The number of amides is 3. The molecular formula is C24H23BrN2O7S. The number of methoxy groups -OCH3 is 2. The molecule has 2 aromatic carbocycles. The van der Waals surface area contributed by atoms with Crippen LogP contribution in [0.1, 0.15) is 16.7 Å². The Balaban J connectivity index is 1.76. The van der Waals surface area contributed by atoms with Crippen molar-refractivity contribution in [2.75, 3.05) is 32.7 Å². The molecule has 0 atom stereocenters. The van der Waals surface area contributed by atoms with Crippen LogP contribution in [-0.2, 0) is 19.1 Å². The Morgan fingerprint density at radius 1 is 1.14 bits per heavy atom. The van der Waals surface area contributed by atoms with E-state index in [1.807, 2.05) is 26.0 Å². The quantitative estimate of drug-likeness (QED) is 0.374. The molecule has 1 fully saturated rings. The maximum atomic E-state index is 12.9. The Morgan fingerprint density at radius 3 is 2.57 bits per heavy atom. The van der Waals surface area contributed by atoms with Crippen molar-refractivity contribution in [2.24, 2.45) is 0 Å². The van der Waals surface area contributed by atoms with Gasteiger partial charge in [-0.05, 0) is 66.6 Å². The molecule has 35 heavy (non-hydrogen) atoms. The predicted molar refractivity (Wildman–Crippen MR) is 135 cm³/mol. The number of nitrogens with zero attached hydrogens (tertiary/aromatic N) is 1. The van der Waals surface area contributed by atoms with Crippen LogP contribution in [0.4, 0.5) is 10.5 Å². The molecular weight excluding hydrogens is 540 g/mol. The number of thioether (sulfide) groups is 1. The summed E-state index contributed by atoms with van der Waals surface area (Å²) in [5.41, 5.74) is 3.09. The maximum absolute atomic E-state index is 12.9. The number of imide groups is 1. The lowest BCUT2D eigenvalue weighted by Crippen LogP contribution is -2.36. The van der Waals surface area contributed by atoms with E-state index in [2.05, 4.69) is 26.0 Å². The number of carbonyl (C=O) groups is 4. The molecule has 0 bridgehead atoms. The predicted octanol–water partition coefficient (Wildman–Crippen LogP) is 4.30. The average molecular weight is 563 g/mol. The Morgan fingerprint density at radius 2 is 1.89 bits per heavy atom. The van der Waals surface area contributed by atoms with Gasteiger partial charge < -0.3 is 19.5 Å². The largest absolute Gasteiger partial charge is 0.493 e. The van der Waals surface area contributed by atoms with Gasteiger partial charge in [0, 0.05) is 10.2 Å². The van der Waals surface area contributed by atoms with E-state index in [4.69, 9.17) is 9.47 Å². The van der Waals surface area contributed by atoms with Crippen molar-refractivity contribution in [3.05, 3.63) is 56.4 Å². The van der Waals surface area contributed by atoms with Gasteiger partial charge in [-0.2, -0.15) is 0 Å². The summed E-state index contributed by atoms with van der Waals surface area (Å²) < 4.78 is 15.8. The number of rotatable bonds is 8. The van der Waals surface area contributed by atoms with Gasteiger partial charge >= 0.3 is 5.97 Å². The normalized spacial score (nSPS) is 14.3. The first-order valence-corrected chi connectivity index (χ1v) is 11.9. The summed E-state index contributed by atoms with van der Waals surface area (Å²) in [6.45, 7) is 3.10. The van der Waals surface area contributed by atoms with E-state index in [0.717, 1.165) is 27.8 Å². The lowest BCUT2D eigenvalue weighted by Gasteiger charge is -2.14. The number of anilines is 1. The molecule has 1 aliphatic heterocycles. The second-order valence-electron chi connectivity index (χ2n) is 7.45. The Bertz CT molecular complexity index is 1230.